The van der Waals surface area contributed by atoms with Crippen molar-refractivity contribution >= 4 is 17.7 Å². The molecule has 108 valence electrons. The van der Waals surface area contributed by atoms with Gasteiger partial charge in [0, 0.05) is 5.25 Å². The van der Waals surface area contributed by atoms with Gasteiger partial charge < -0.3 is 14.6 Å². The highest BCUT2D eigenvalue weighted by Crippen LogP contribution is 2.34. The van der Waals surface area contributed by atoms with Crippen LogP contribution in [-0.4, -0.2) is 41.1 Å². The summed E-state index contributed by atoms with van der Waals surface area (Å²) in [4.78, 5) is 11.8. The molecule has 0 aliphatic carbocycles. The fourth-order valence-electron chi connectivity index (χ4n) is 1.99. The predicted molar refractivity (Wildman–Crippen MR) is 78.7 cm³/mol. The molecular formula is C15H18O4S. The van der Waals surface area contributed by atoms with Crippen LogP contribution in [0.4, 0.5) is 0 Å². The maximum Gasteiger partial charge on any atom is 0.338 e. The van der Waals surface area contributed by atoms with E-state index < -0.39 is 5.44 Å². The SMILES string of the molecule is C=CCO[C@H]1C[C@H](COC(=O)c2ccccc2)SC1O. The smallest absolute Gasteiger partial charge is 0.338 e. The van der Waals surface area contributed by atoms with Gasteiger partial charge in [-0.1, -0.05) is 24.3 Å². The number of rotatable bonds is 6. The van der Waals surface area contributed by atoms with Gasteiger partial charge in [0.1, 0.15) is 12.0 Å². The van der Waals surface area contributed by atoms with E-state index in [1.54, 1.807) is 30.3 Å². The Kier molecular flexibility index (Phi) is 5.64. The van der Waals surface area contributed by atoms with E-state index in [4.69, 9.17) is 9.47 Å². The third-order valence-electron chi connectivity index (χ3n) is 2.98. The van der Waals surface area contributed by atoms with Gasteiger partial charge in [-0.25, -0.2) is 4.79 Å². The van der Waals surface area contributed by atoms with Crippen LogP contribution >= 0.6 is 11.8 Å². The van der Waals surface area contributed by atoms with E-state index in [1.807, 2.05) is 6.07 Å². The minimum absolute atomic E-state index is 0.0625. The highest BCUT2D eigenvalue weighted by atomic mass is 32.2. The molecule has 1 aliphatic heterocycles. The lowest BCUT2D eigenvalue weighted by Gasteiger charge is -2.12. The zero-order valence-corrected chi connectivity index (χ0v) is 11.9. The molecule has 0 saturated carbocycles. The number of carbonyl (C=O) groups excluding carboxylic acids is 1. The van der Waals surface area contributed by atoms with Gasteiger partial charge in [-0.3, -0.25) is 0 Å². The van der Waals surface area contributed by atoms with Gasteiger partial charge in [-0.2, -0.15) is 0 Å². The number of thioether (sulfide) groups is 1. The van der Waals surface area contributed by atoms with E-state index in [9.17, 15) is 9.90 Å². The first-order chi connectivity index (χ1) is 9.70. The minimum atomic E-state index is -0.574. The summed E-state index contributed by atoms with van der Waals surface area (Å²) in [6.45, 7) is 4.27. The van der Waals surface area contributed by atoms with E-state index in [-0.39, 0.29) is 23.9 Å². The molecule has 1 unspecified atom stereocenters. The van der Waals surface area contributed by atoms with Crippen molar-refractivity contribution in [1.82, 2.24) is 0 Å². The van der Waals surface area contributed by atoms with Crippen molar-refractivity contribution in [2.75, 3.05) is 13.2 Å². The Labute approximate surface area is 122 Å². The third kappa shape index (κ3) is 4.10. The number of aliphatic hydroxyl groups is 1. The Hall–Kier alpha value is -1.30. The molecule has 0 aromatic heterocycles. The second kappa shape index (κ2) is 7.47. The normalized spacial score (nSPS) is 25.4. The number of esters is 1. The number of aliphatic hydroxyl groups excluding tert-OH is 1. The van der Waals surface area contributed by atoms with Gasteiger partial charge in [-0.05, 0) is 18.6 Å². The third-order valence-corrected chi connectivity index (χ3v) is 4.28. The van der Waals surface area contributed by atoms with E-state index in [2.05, 4.69) is 6.58 Å². The van der Waals surface area contributed by atoms with Crippen molar-refractivity contribution in [2.45, 2.75) is 23.2 Å². The van der Waals surface area contributed by atoms with Gasteiger partial charge in [-0.15, -0.1) is 18.3 Å². The molecule has 1 heterocycles. The first kappa shape index (κ1) is 15.1. The molecule has 3 atom stereocenters. The van der Waals surface area contributed by atoms with Crippen LogP contribution in [0.1, 0.15) is 16.8 Å². The number of hydrogen-bond acceptors (Lipinski definition) is 5. The Bertz CT molecular complexity index is 448. The summed E-state index contributed by atoms with van der Waals surface area (Å²) in [5.41, 5.74) is -0.0362. The van der Waals surface area contributed by atoms with Crippen LogP contribution in [0.25, 0.3) is 0 Å². The summed E-state index contributed by atoms with van der Waals surface area (Å²) < 4.78 is 10.7. The summed E-state index contributed by atoms with van der Waals surface area (Å²) >= 11 is 1.38. The lowest BCUT2D eigenvalue weighted by Crippen LogP contribution is -2.21. The van der Waals surface area contributed by atoms with Crippen LogP contribution in [0.2, 0.25) is 0 Å². The molecule has 1 aliphatic rings. The Morgan fingerprint density at radius 3 is 2.90 bits per heavy atom. The van der Waals surface area contributed by atoms with Crippen LogP contribution in [-0.2, 0) is 9.47 Å². The largest absolute Gasteiger partial charge is 0.461 e. The number of ether oxygens (including phenoxy) is 2. The lowest BCUT2D eigenvalue weighted by atomic mass is 10.2. The molecule has 4 nitrogen and oxygen atoms in total. The van der Waals surface area contributed by atoms with Crippen molar-refractivity contribution in [2.24, 2.45) is 0 Å². The maximum atomic E-state index is 11.8. The first-order valence-corrected chi connectivity index (χ1v) is 7.43. The van der Waals surface area contributed by atoms with Crippen LogP contribution in [0.5, 0.6) is 0 Å². The summed E-state index contributed by atoms with van der Waals surface area (Å²) in [6.07, 6.45) is 2.10. The second-order valence-electron chi connectivity index (χ2n) is 4.51. The number of benzene rings is 1. The fourth-order valence-corrected chi connectivity index (χ4v) is 3.20. The van der Waals surface area contributed by atoms with Crippen LogP contribution < -0.4 is 0 Å². The number of carbonyl (C=O) groups is 1. The van der Waals surface area contributed by atoms with Gasteiger partial charge in [0.15, 0.2) is 0 Å². The topological polar surface area (TPSA) is 55.8 Å². The Morgan fingerprint density at radius 2 is 2.20 bits per heavy atom. The molecule has 0 spiro atoms. The van der Waals surface area contributed by atoms with Crippen molar-refractivity contribution in [1.29, 1.82) is 0 Å². The van der Waals surface area contributed by atoms with Crippen LogP contribution in [0, 0.1) is 0 Å². The van der Waals surface area contributed by atoms with Gasteiger partial charge >= 0.3 is 5.97 Å². The molecule has 0 amide bonds. The van der Waals surface area contributed by atoms with Gasteiger partial charge in [0.25, 0.3) is 0 Å². The molecule has 0 radical (unpaired) electrons. The van der Waals surface area contributed by atoms with Crippen molar-refractivity contribution in [3.8, 4) is 0 Å². The molecule has 5 heteroatoms. The molecule has 1 N–H and O–H groups in total. The molecule has 1 aromatic carbocycles. The molecule has 20 heavy (non-hydrogen) atoms. The first-order valence-electron chi connectivity index (χ1n) is 6.49. The highest BCUT2D eigenvalue weighted by Gasteiger charge is 2.34. The highest BCUT2D eigenvalue weighted by molar-refractivity contribution is 8.00. The minimum Gasteiger partial charge on any atom is -0.461 e. The molecule has 2 rings (SSSR count). The quantitative estimate of drug-likeness (QED) is 0.644. The summed E-state index contributed by atoms with van der Waals surface area (Å²) in [5, 5.41) is 9.89. The molecular weight excluding hydrogens is 276 g/mol. The number of hydrogen-bond donors (Lipinski definition) is 1. The molecule has 1 aromatic rings. The molecule has 1 saturated heterocycles. The summed E-state index contributed by atoms with van der Waals surface area (Å²) in [6, 6.07) is 8.87. The van der Waals surface area contributed by atoms with Gasteiger partial charge in [0.05, 0.1) is 18.3 Å². The van der Waals surface area contributed by atoms with E-state index >= 15 is 0 Å². The van der Waals surface area contributed by atoms with Gasteiger partial charge in [0.2, 0.25) is 0 Å². The average molecular weight is 294 g/mol. The molecule has 1 fully saturated rings. The second-order valence-corrected chi connectivity index (χ2v) is 5.93. The molecule has 0 bridgehead atoms. The van der Waals surface area contributed by atoms with E-state index in [0.29, 0.717) is 18.6 Å². The van der Waals surface area contributed by atoms with Crippen molar-refractivity contribution in [3.05, 3.63) is 48.6 Å². The van der Waals surface area contributed by atoms with Crippen molar-refractivity contribution in [3.63, 3.8) is 0 Å². The summed E-state index contributed by atoms with van der Waals surface area (Å²) in [7, 11) is 0. The van der Waals surface area contributed by atoms with Crippen LogP contribution in [0.15, 0.2) is 43.0 Å². The van der Waals surface area contributed by atoms with E-state index in [0.717, 1.165) is 0 Å². The predicted octanol–water partition coefficient (Wildman–Crippen LogP) is 2.24. The Morgan fingerprint density at radius 1 is 1.45 bits per heavy atom. The fraction of sp³-hybridized carbons (Fsp3) is 0.400. The average Bonchev–Trinajstić information content (AvgIpc) is 2.84. The maximum absolute atomic E-state index is 11.8. The van der Waals surface area contributed by atoms with E-state index in [1.165, 1.54) is 11.8 Å². The monoisotopic (exact) mass is 294 g/mol. The lowest BCUT2D eigenvalue weighted by molar-refractivity contribution is 0.0132. The zero-order chi connectivity index (χ0) is 14.4. The Balaban J connectivity index is 1.78. The summed E-state index contributed by atoms with van der Waals surface area (Å²) in [5.74, 6) is -0.337. The zero-order valence-electron chi connectivity index (χ0n) is 11.1. The standard InChI is InChI=1S/C15H18O4S/c1-2-8-18-13-9-12(20-15(13)17)10-19-14(16)11-6-4-3-5-7-11/h2-7,12-13,15,17H,1,8-10H2/t12-,13+,15?/m1/s1. The van der Waals surface area contributed by atoms with Crippen molar-refractivity contribution < 1.29 is 19.4 Å². The van der Waals surface area contributed by atoms with Crippen LogP contribution in [0.3, 0.4) is 0 Å².